The number of benzene rings is 2. The fraction of sp³-hybridized carbons (Fsp3) is 0.364. The molecule has 0 spiro atoms. The van der Waals surface area contributed by atoms with Gasteiger partial charge in [0.25, 0.3) is 0 Å². The Morgan fingerprint density at radius 3 is 1.96 bits per heavy atom. The van der Waals surface area contributed by atoms with E-state index in [1.807, 2.05) is 12.1 Å². The van der Waals surface area contributed by atoms with E-state index in [1.165, 1.54) is 68.4 Å². The van der Waals surface area contributed by atoms with Crippen molar-refractivity contribution >= 4 is 24.3 Å². The van der Waals surface area contributed by atoms with E-state index in [0.717, 1.165) is 6.42 Å². The molecule has 5 heteroatoms. The lowest BCUT2D eigenvalue weighted by Crippen LogP contribution is -2.08. The molecule has 4 nitrogen and oxygen atoms in total. The Labute approximate surface area is 167 Å². The van der Waals surface area contributed by atoms with Crippen LogP contribution in [0.4, 0.5) is 0 Å². The molecule has 146 valence electrons. The third kappa shape index (κ3) is 7.83. The lowest BCUT2D eigenvalue weighted by Gasteiger charge is -2.06. The molecule has 0 amide bonds. The zero-order valence-corrected chi connectivity index (χ0v) is 16.5. The highest BCUT2D eigenvalue weighted by molar-refractivity contribution is 5.91. The smallest absolute Gasteiger partial charge is 0.343 e. The summed E-state index contributed by atoms with van der Waals surface area (Å²) in [6, 6.07) is 13.3. The van der Waals surface area contributed by atoms with Crippen molar-refractivity contribution in [1.82, 2.24) is 0 Å². The Balaban J connectivity index is 0.00000364. The number of carboxylic acid groups (broad SMARTS) is 1. The van der Waals surface area contributed by atoms with Gasteiger partial charge >= 0.3 is 11.9 Å². The van der Waals surface area contributed by atoms with E-state index < -0.39 is 11.9 Å². The molecule has 0 heterocycles. The number of ether oxygens (including phenoxy) is 1. The summed E-state index contributed by atoms with van der Waals surface area (Å²) in [5, 5.41) is 8.87. The summed E-state index contributed by atoms with van der Waals surface area (Å²) in [4.78, 5) is 23.0. The van der Waals surface area contributed by atoms with Crippen LogP contribution in [0, 0.1) is 0 Å². The summed E-state index contributed by atoms with van der Waals surface area (Å²) in [6.45, 7) is 2.22. The van der Waals surface area contributed by atoms with Crippen LogP contribution in [-0.2, 0) is 6.42 Å². The van der Waals surface area contributed by atoms with Crippen molar-refractivity contribution in [3.8, 4) is 5.75 Å². The topological polar surface area (TPSA) is 63.6 Å². The minimum absolute atomic E-state index is 0. The van der Waals surface area contributed by atoms with Crippen LogP contribution in [0.1, 0.15) is 71.7 Å². The Hall–Kier alpha value is -2.33. The van der Waals surface area contributed by atoms with E-state index >= 15 is 0 Å². The van der Waals surface area contributed by atoms with Crippen LogP contribution >= 0.6 is 12.4 Å². The van der Waals surface area contributed by atoms with Gasteiger partial charge in [0.1, 0.15) is 5.75 Å². The van der Waals surface area contributed by atoms with E-state index in [4.69, 9.17) is 9.84 Å². The molecule has 0 bridgehead atoms. The summed E-state index contributed by atoms with van der Waals surface area (Å²) < 4.78 is 5.28. The highest BCUT2D eigenvalue weighted by Crippen LogP contribution is 2.16. The van der Waals surface area contributed by atoms with Gasteiger partial charge in [-0.1, -0.05) is 51.2 Å². The molecule has 2 aromatic carbocycles. The maximum atomic E-state index is 12.2. The summed E-state index contributed by atoms with van der Waals surface area (Å²) >= 11 is 0. The summed E-state index contributed by atoms with van der Waals surface area (Å²) in [5.41, 5.74) is 1.87. The van der Waals surface area contributed by atoms with Gasteiger partial charge in [0.2, 0.25) is 0 Å². The number of rotatable bonds is 10. The molecular weight excluding hydrogens is 364 g/mol. The lowest BCUT2D eigenvalue weighted by atomic mass is 10.0. The van der Waals surface area contributed by atoms with E-state index in [-0.39, 0.29) is 18.0 Å². The van der Waals surface area contributed by atoms with Gasteiger partial charge in [-0.3, -0.25) is 0 Å². The van der Waals surface area contributed by atoms with Gasteiger partial charge in [0.15, 0.2) is 0 Å². The molecule has 2 rings (SSSR count). The Kier molecular flexibility index (Phi) is 10.2. The molecule has 0 radical (unpaired) electrons. The second-order valence-electron chi connectivity index (χ2n) is 6.43. The molecular formula is C22H27ClO4. The predicted molar refractivity (Wildman–Crippen MR) is 109 cm³/mol. The number of hydrogen-bond donors (Lipinski definition) is 1. The van der Waals surface area contributed by atoms with Crippen LogP contribution in [0.2, 0.25) is 0 Å². The Morgan fingerprint density at radius 1 is 0.815 bits per heavy atom. The maximum Gasteiger partial charge on any atom is 0.343 e. The third-order valence-electron chi connectivity index (χ3n) is 4.32. The minimum Gasteiger partial charge on any atom is -0.478 e. The first-order valence-electron chi connectivity index (χ1n) is 9.24. The highest BCUT2D eigenvalue weighted by Gasteiger charge is 2.09. The number of carbonyl (C=O) groups is 2. The monoisotopic (exact) mass is 390 g/mol. The fourth-order valence-electron chi connectivity index (χ4n) is 2.75. The van der Waals surface area contributed by atoms with Crippen LogP contribution in [0.5, 0.6) is 5.75 Å². The maximum absolute atomic E-state index is 12.2. The summed E-state index contributed by atoms with van der Waals surface area (Å²) in [7, 11) is 0. The molecule has 2 aromatic rings. The molecule has 1 N–H and O–H groups in total. The number of carboxylic acids is 1. The van der Waals surface area contributed by atoms with Gasteiger partial charge in [-0.15, -0.1) is 12.4 Å². The van der Waals surface area contributed by atoms with E-state index in [9.17, 15) is 9.59 Å². The van der Waals surface area contributed by atoms with Crippen molar-refractivity contribution in [3.63, 3.8) is 0 Å². The average molecular weight is 391 g/mol. The third-order valence-corrected chi connectivity index (χ3v) is 4.32. The first-order valence-corrected chi connectivity index (χ1v) is 9.24. The molecule has 0 aliphatic carbocycles. The fourth-order valence-corrected chi connectivity index (χ4v) is 2.75. The van der Waals surface area contributed by atoms with Gasteiger partial charge in [-0.05, 0) is 54.8 Å². The number of aromatic carboxylic acids is 1. The molecule has 0 unspecified atom stereocenters. The number of unbranched alkanes of at least 4 members (excludes halogenated alkanes) is 5. The summed E-state index contributed by atoms with van der Waals surface area (Å²) in [6.07, 6.45) is 8.63. The van der Waals surface area contributed by atoms with Crippen molar-refractivity contribution in [2.75, 3.05) is 0 Å². The zero-order chi connectivity index (χ0) is 18.8. The molecule has 0 aliphatic heterocycles. The van der Waals surface area contributed by atoms with E-state index in [0.29, 0.717) is 11.3 Å². The molecule has 0 atom stereocenters. The van der Waals surface area contributed by atoms with Crippen molar-refractivity contribution in [2.24, 2.45) is 0 Å². The average Bonchev–Trinajstić information content (AvgIpc) is 2.65. The molecule has 0 saturated heterocycles. The van der Waals surface area contributed by atoms with Crippen molar-refractivity contribution < 1.29 is 19.4 Å². The van der Waals surface area contributed by atoms with Crippen LogP contribution in [0.25, 0.3) is 0 Å². The first kappa shape index (κ1) is 22.7. The largest absolute Gasteiger partial charge is 0.478 e. The number of halogens is 1. The van der Waals surface area contributed by atoms with E-state index in [2.05, 4.69) is 6.92 Å². The molecule has 0 fully saturated rings. The van der Waals surface area contributed by atoms with Crippen molar-refractivity contribution in [2.45, 2.75) is 51.9 Å². The van der Waals surface area contributed by atoms with Gasteiger partial charge in [0.05, 0.1) is 11.1 Å². The van der Waals surface area contributed by atoms with Gasteiger partial charge in [0, 0.05) is 0 Å². The highest BCUT2D eigenvalue weighted by atomic mass is 35.5. The minimum atomic E-state index is -1.01. The molecule has 0 aliphatic rings. The van der Waals surface area contributed by atoms with Crippen LogP contribution in [0.15, 0.2) is 48.5 Å². The Morgan fingerprint density at radius 2 is 1.37 bits per heavy atom. The van der Waals surface area contributed by atoms with Gasteiger partial charge in [-0.2, -0.15) is 0 Å². The van der Waals surface area contributed by atoms with Gasteiger partial charge < -0.3 is 9.84 Å². The lowest BCUT2D eigenvalue weighted by molar-refractivity contribution is 0.0696. The second-order valence-corrected chi connectivity index (χ2v) is 6.43. The Bertz CT molecular complexity index is 708. The standard InChI is InChI=1S/C22H26O4.ClH/c1-2-3-4-5-6-7-8-17-9-11-19(12-10-17)22(25)26-20-15-13-18(14-16-20)21(23)24;/h9-16H,2-8H2,1H3,(H,23,24);1H. The van der Waals surface area contributed by atoms with Crippen molar-refractivity contribution in [1.29, 1.82) is 0 Å². The SMILES string of the molecule is CCCCCCCCc1ccc(C(=O)Oc2ccc(C(=O)O)cc2)cc1.Cl. The summed E-state index contributed by atoms with van der Waals surface area (Å²) in [5.74, 6) is -1.13. The predicted octanol–water partition coefficient (Wildman–Crippen LogP) is 5.93. The molecule has 0 aromatic heterocycles. The van der Waals surface area contributed by atoms with Crippen molar-refractivity contribution in [3.05, 3.63) is 65.2 Å². The number of carbonyl (C=O) groups excluding carboxylic acids is 1. The zero-order valence-electron chi connectivity index (χ0n) is 15.6. The van der Waals surface area contributed by atoms with Crippen LogP contribution < -0.4 is 4.74 Å². The second kappa shape index (κ2) is 12.1. The molecule has 27 heavy (non-hydrogen) atoms. The number of aryl methyl sites for hydroxylation is 1. The van der Waals surface area contributed by atoms with Gasteiger partial charge in [-0.25, -0.2) is 9.59 Å². The quantitative estimate of drug-likeness (QED) is 0.310. The van der Waals surface area contributed by atoms with Crippen LogP contribution in [-0.4, -0.2) is 17.0 Å². The first-order chi connectivity index (χ1) is 12.6. The number of hydrogen-bond acceptors (Lipinski definition) is 3. The van der Waals surface area contributed by atoms with Crippen LogP contribution in [0.3, 0.4) is 0 Å². The molecule has 0 saturated carbocycles. The number of esters is 1. The van der Waals surface area contributed by atoms with E-state index in [1.54, 1.807) is 12.1 Å². The normalized spacial score (nSPS) is 10.1.